The second-order valence-corrected chi connectivity index (χ2v) is 4.45. The van der Waals surface area contributed by atoms with Gasteiger partial charge in [0.25, 0.3) is 5.91 Å². The van der Waals surface area contributed by atoms with Crippen molar-refractivity contribution in [2.75, 3.05) is 6.54 Å². The lowest BCUT2D eigenvalue weighted by Gasteiger charge is -2.21. The number of carboxylic acid groups (broad SMARTS) is 1. The number of hydrogen-bond donors (Lipinski definition) is 2. The third-order valence-electron chi connectivity index (χ3n) is 3.05. The highest BCUT2D eigenvalue weighted by Crippen LogP contribution is 2.24. The summed E-state index contributed by atoms with van der Waals surface area (Å²) in [6, 6.07) is -0.710. The zero-order valence-corrected chi connectivity index (χ0v) is 10.0. The van der Waals surface area contributed by atoms with Crippen molar-refractivity contribution in [1.29, 1.82) is 0 Å². The minimum Gasteiger partial charge on any atom is -0.480 e. The Morgan fingerprint density at radius 3 is 2.25 bits per heavy atom. The van der Waals surface area contributed by atoms with Crippen LogP contribution in [0.3, 0.4) is 0 Å². The molecular formula is C12H10F3NO4. The van der Waals surface area contributed by atoms with Gasteiger partial charge in [-0.25, -0.2) is 18.0 Å². The normalized spacial score (nSPS) is 22.1. The van der Waals surface area contributed by atoms with Gasteiger partial charge in [-0.15, -0.1) is 0 Å². The van der Waals surface area contributed by atoms with Gasteiger partial charge < -0.3 is 15.1 Å². The van der Waals surface area contributed by atoms with Gasteiger partial charge in [0.05, 0.1) is 6.10 Å². The first-order valence-electron chi connectivity index (χ1n) is 5.67. The second-order valence-electron chi connectivity index (χ2n) is 4.45. The summed E-state index contributed by atoms with van der Waals surface area (Å²) in [7, 11) is 0. The van der Waals surface area contributed by atoms with Crippen LogP contribution in [0.15, 0.2) is 12.1 Å². The van der Waals surface area contributed by atoms with E-state index in [0.717, 1.165) is 0 Å². The van der Waals surface area contributed by atoms with Gasteiger partial charge in [-0.3, -0.25) is 4.79 Å². The van der Waals surface area contributed by atoms with Gasteiger partial charge in [-0.05, 0) is 0 Å². The predicted molar refractivity (Wildman–Crippen MR) is 59.4 cm³/mol. The summed E-state index contributed by atoms with van der Waals surface area (Å²) in [5.74, 6) is -6.65. The van der Waals surface area contributed by atoms with Crippen LogP contribution in [-0.4, -0.2) is 45.7 Å². The highest BCUT2D eigenvalue weighted by molar-refractivity contribution is 5.97. The summed E-state index contributed by atoms with van der Waals surface area (Å²) in [5, 5.41) is 18.3. The lowest BCUT2D eigenvalue weighted by Crippen LogP contribution is -2.41. The minimum absolute atomic E-state index is 0.231. The Balaban J connectivity index is 2.39. The zero-order chi connectivity index (χ0) is 15.0. The molecule has 1 saturated heterocycles. The maximum Gasteiger partial charge on any atom is 0.326 e. The topological polar surface area (TPSA) is 77.8 Å². The van der Waals surface area contributed by atoms with E-state index in [1.54, 1.807) is 0 Å². The molecule has 1 aliphatic heterocycles. The minimum atomic E-state index is -1.42. The Labute approximate surface area is 111 Å². The number of carbonyl (C=O) groups is 2. The van der Waals surface area contributed by atoms with Crippen molar-refractivity contribution in [1.82, 2.24) is 4.90 Å². The molecule has 8 heteroatoms. The number of carboxylic acids is 1. The van der Waals surface area contributed by atoms with Crippen LogP contribution in [0.5, 0.6) is 0 Å². The maximum atomic E-state index is 13.5. The van der Waals surface area contributed by atoms with E-state index in [1.165, 1.54) is 0 Å². The van der Waals surface area contributed by atoms with E-state index < -0.39 is 47.0 Å². The molecule has 2 N–H and O–H groups in total. The van der Waals surface area contributed by atoms with Crippen LogP contribution in [0, 0.1) is 17.5 Å². The van der Waals surface area contributed by atoms with E-state index >= 15 is 0 Å². The first-order valence-corrected chi connectivity index (χ1v) is 5.67. The smallest absolute Gasteiger partial charge is 0.326 e. The summed E-state index contributed by atoms with van der Waals surface area (Å²) in [6.45, 7) is -0.355. The van der Waals surface area contributed by atoms with E-state index in [-0.39, 0.29) is 13.0 Å². The van der Waals surface area contributed by atoms with E-state index in [2.05, 4.69) is 0 Å². The molecule has 0 saturated carbocycles. The number of halogens is 3. The fraction of sp³-hybridized carbons (Fsp3) is 0.333. The van der Waals surface area contributed by atoms with Crippen molar-refractivity contribution in [2.24, 2.45) is 0 Å². The molecule has 20 heavy (non-hydrogen) atoms. The molecule has 2 rings (SSSR count). The first-order chi connectivity index (χ1) is 9.31. The predicted octanol–water partition coefficient (Wildman–Crippen LogP) is 0.764. The molecule has 0 aliphatic carbocycles. The number of likely N-dealkylation sites (tertiary alicyclic amines) is 1. The summed E-state index contributed by atoms with van der Waals surface area (Å²) in [5.41, 5.74) is -1.04. The van der Waals surface area contributed by atoms with Crippen LogP contribution in [0.1, 0.15) is 16.8 Å². The van der Waals surface area contributed by atoms with Gasteiger partial charge in [-0.1, -0.05) is 0 Å². The number of benzene rings is 1. The summed E-state index contributed by atoms with van der Waals surface area (Å²) in [6.07, 6.45) is -1.32. The molecule has 0 aromatic heterocycles. The third kappa shape index (κ3) is 2.46. The Morgan fingerprint density at radius 1 is 1.20 bits per heavy atom. The van der Waals surface area contributed by atoms with Gasteiger partial charge >= 0.3 is 5.97 Å². The summed E-state index contributed by atoms with van der Waals surface area (Å²) in [4.78, 5) is 23.6. The van der Waals surface area contributed by atoms with Crippen molar-refractivity contribution >= 4 is 11.9 Å². The fourth-order valence-electron chi connectivity index (χ4n) is 2.16. The number of aliphatic hydroxyl groups is 1. The average Bonchev–Trinajstić information content (AvgIpc) is 2.70. The molecule has 1 amide bonds. The molecule has 1 aromatic carbocycles. The molecule has 1 heterocycles. The van der Waals surface area contributed by atoms with Crippen LogP contribution in [0.25, 0.3) is 0 Å². The Kier molecular flexibility index (Phi) is 3.67. The quantitative estimate of drug-likeness (QED) is 0.842. The van der Waals surface area contributed by atoms with Crippen LogP contribution in [0.4, 0.5) is 13.2 Å². The number of nitrogens with zero attached hydrogens (tertiary/aromatic N) is 1. The van der Waals surface area contributed by atoms with Crippen molar-refractivity contribution in [2.45, 2.75) is 18.6 Å². The molecule has 5 nitrogen and oxygen atoms in total. The molecule has 0 unspecified atom stereocenters. The lowest BCUT2D eigenvalue weighted by atomic mass is 10.1. The number of hydrogen-bond acceptors (Lipinski definition) is 3. The van der Waals surface area contributed by atoms with E-state index in [4.69, 9.17) is 5.11 Å². The van der Waals surface area contributed by atoms with Crippen molar-refractivity contribution in [3.05, 3.63) is 35.1 Å². The number of rotatable bonds is 2. The van der Waals surface area contributed by atoms with E-state index in [0.29, 0.717) is 17.0 Å². The Hall–Kier alpha value is -2.09. The molecule has 0 radical (unpaired) electrons. The first kappa shape index (κ1) is 14.3. The zero-order valence-electron chi connectivity index (χ0n) is 10.0. The number of carbonyl (C=O) groups excluding carboxylic acids is 1. The number of amides is 1. The molecule has 0 spiro atoms. The van der Waals surface area contributed by atoms with Gasteiger partial charge in [0, 0.05) is 25.1 Å². The van der Waals surface area contributed by atoms with E-state index in [9.17, 15) is 27.9 Å². The third-order valence-corrected chi connectivity index (χ3v) is 3.05. The molecular weight excluding hydrogens is 279 g/mol. The molecule has 0 bridgehead atoms. The largest absolute Gasteiger partial charge is 0.480 e. The molecule has 1 aromatic rings. The number of aliphatic carboxylic acids is 1. The van der Waals surface area contributed by atoms with Crippen molar-refractivity contribution in [3.63, 3.8) is 0 Å². The Bertz CT molecular complexity index is 555. The monoisotopic (exact) mass is 289 g/mol. The lowest BCUT2D eigenvalue weighted by molar-refractivity contribution is -0.141. The van der Waals surface area contributed by atoms with Gasteiger partial charge in [0.2, 0.25) is 0 Å². The van der Waals surface area contributed by atoms with Crippen LogP contribution in [0.2, 0.25) is 0 Å². The SMILES string of the molecule is O=C(O)[C@@H]1C[C@H](O)CN1C(=O)c1c(F)cc(F)cc1F. The molecule has 2 atom stereocenters. The second kappa shape index (κ2) is 5.12. The Morgan fingerprint density at radius 2 is 1.75 bits per heavy atom. The average molecular weight is 289 g/mol. The fourth-order valence-corrected chi connectivity index (χ4v) is 2.16. The van der Waals surface area contributed by atoms with Crippen LogP contribution in [-0.2, 0) is 4.79 Å². The van der Waals surface area contributed by atoms with E-state index in [1.807, 2.05) is 0 Å². The maximum absolute atomic E-state index is 13.5. The highest BCUT2D eigenvalue weighted by atomic mass is 19.1. The standard InChI is InChI=1S/C12H10F3NO4/c13-5-1-7(14)10(8(15)2-5)11(18)16-4-6(17)3-9(16)12(19)20/h1-2,6,9,17H,3-4H2,(H,19,20)/t6-,9-/m0/s1. The number of β-amino-alcohol motifs (C(OH)–C–C–N with tert-alkyl or cyclic N) is 1. The molecule has 1 fully saturated rings. The van der Waals surface area contributed by atoms with Crippen LogP contribution < -0.4 is 0 Å². The summed E-state index contributed by atoms with van der Waals surface area (Å²) < 4.78 is 39.8. The molecule has 108 valence electrons. The van der Waals surface area contributed by atoms with Gasteiger partial charge in [0.1, 0.15) is 29.1 Å². The van der Waals surface area contributed by atoms with Crippen molar-refractivity contribution < 1.29 is 33.0 Å². The van der Waals surface area contributed by atoms with Gasteiger partial charge in [0.15, 0.2) is 0 Å². The molecule has 1 aliphatic rings. The number of aliphatic hydroxyl groups excluding tert-OH is 1. The van der Waals surface area contributed by atoms with Crippen molar-refractivity contribution in [3.8, 4) is 0 Å². The summed E-state index contributed by atoms with van der Waals surface area (Å²) >= 11 is 0. The van der Waals surface area contributed by atoms with Gasteiger partial charge in [-0.2, -0.15) is 0 Å². The van der Waals surface area contributed by atoms with Crippen LogP contribution >= 0.6 is 0 Å². The highest BCUT2D eigenvalue weighted by Gasteiger charge is 2.40.